The van der Waals surface area contributed by atoms with Gasteiger partial charge in [0.05, 0.1) is 12.4 Å². The summed E-state index contributed by atoms with van der Waals surface area (Å²) in [4.78, 5) is 0. The zero-order chi connectivity index (χ0) is 14.5. The fourth-order valence-electron chi connectivity index (χ4n) is 1.76. The number of hydrogen-bond acceptors (Lipinski definition) is 3. The fraction of sp³-hybridized carbons (Fsp3) is 0.571. The van der Waals surface area contributed by atoms with Crippen molar-refractivity contribution in [3.63, 3.8) is 0 Å². The molecule has 3 nitrogen and oxygen atoms in total. The lowest BCUT2D eigenvalue weighted by Crippen LogP contribution is -2.03. The predicted octanol–water partition coefficient (Wildman–Crippen LogP) is 3.85. The van der Waals surface area contributed by atoms with E-state index in [9.17, 15) is 8.42 Å². The number of ether oxygens (including phenoxy) is 1. The second-order valence-corrected chi connectivity index (χ2v) is 7.93. The van der Waals surface area contributed by atoms with E-state index < -0.39 is 9.05 Å². The summed E-state index contributed by atoms with van der Waals surface area (Å²) in [7, 11) is 1.76. The number of aryl methyl sites for hydroxylation is 1. The maximum Gasteiger partial charge on any atom is 0.232 e. The Labute approximate surface area is 120 Å². The Hall–Kier alpha value is -0.740. The Kier molecular flexibility index (Phi) is 6.14. The molecule has 0 saturated carbocycles. The Morgan fingerprint density at radius 1 is 1.21 bits per heavy atom. The summed E-state index contributed by atoms with van der Waals surface area (Å²) in [6.07, 6.45) is 1.20. The van der Waals surface area contributed by atoms with Gasteiger partial charge in [-0.15, -0.1) is 0 Å². The number of unbranched alkanes of at least 4 members (excludes halogenated alkanes) is 1. The zero-order valence-electron chi connectivity index (χ0n) is 11.6. The lowest BCUT2D eigenvalue weighted by atomic mass is 10.0. The molecule has 0 heterocycles. The number of benzene rings is 1. The van der Waals surface area contributed by atoms with Gasteiger partial charge in [0.1, 0.15) is 5.75 Å². The minimum absolute atomic E-state index is 0.00295. The molecule has 0 N–H and O–H groups in total. The van der Waals surface area contributed by atoms with Gasteiger partial charge in [0.2, 0.25) is 9.05 Å². The number of hydrogen-bond donors (Lipinski definition) is 0. The van der Waals surface area contributed by atoms with E-state index in [2.05, 4.69) is 19.9 Å². The third-order valence-electron chi connectivity index (χ3n) is 2.79. The first-order chi connectivity index (χ1) is 8.78. The summed E-state index contributed by atoms with van der Waals surface area (Å²) in [6, 6.07) is 6.18. The molecule has 0 aliphatic heterocycles. The molecule has 0 saturated heterocycles. The SMILES string of the molecule is Cc1cc(OCCCCS(=O)(=O)Cl)cc(C(C)C)c1. The molecular formula is C14H21ClO3S. The first kappa shape index (κ1) is 16.3. The van der Waals surface area contributed by atoms with Crippen LogP contribution in [0.1, 0.15) is 43.7 Å². The molecule has 0 bridgehead atoms. The largest absolute Gasteiger partial charge is 0.494 e. The molecule has 0 amide bonds. The van der Waals surface area contributed by atoms with Gasteiger partial charge in [-0.2, -0.15) is 0 Å². The van der Waals surface area contributed by atoms with Crippen molar-refractivity contribution in [2.24, 2.45) is 0 Å². The van der Waals surface area contributed by atoms with Gasteiger partial charge in [0.15, 0.2) is 0 Å². The molecule has 0 aliphatic carbocycles. The summed E-state index contributed by atoms with van der Waals surface area (Å²) in [5.74, 6) is 1.31. The van der Waals surface area contributed by atoms with Gasteiger partial charge in [-0.3, -0.25) is 0 Å². The Balaban J connectivity index is 2.45. The van der Waals surface area contributed by atoms with Crippen molar-refractivity contribution in [2.75, 3.05) is 12.4 Å². The maximum absolute atomic E-state index is 10.8. The van der Waals surface area contributed by atoms with Crippen molar-refractivity contribution in [3.8, 4) is 5.75 Å². The van der Waals surface area contributed by atoms with E-state index in [0.29, 0.717) is 25.4 Å². The van der Waals surface area contributed by atoms with Gasteiger partial charge < -0.3 is 4.74 Å². The van der Waals surface area contributed by atoms with E-state index >= 15 is 0 Å². The quantitative estimate of drug-likeness (QED) is 0.568. The van der Waals surface area contributed by atoms with Gasteiger partial charge in [0.25, 0.3) is 0 Å². The molecule has 0 atom stereocenters. The number of halogens is 1. The highest BCUT2D eigenvalue weighted by Crippen LogP contribution is 2.23. The molecule has 0 aromatic heterocycles. The third-order valence-corrected chi connectivity index (χ3v) is 4.03. The fourth-order valence-corrected chi connectivity index (χ4v) is 2.64. The molecule has 0 fully saturated rings. The van der Waals surface area contributed by atoms with Crippen LogP contribution in [-0.4, -0.2) is 20.8 Å². The highest BCUT2D eigenvalue weighted by molar-refractivity contribution is 8.13. The smallest absolute Gasteiger partial charge is 0.232 e. The molecule has 1 rings (SSSR count). The van der Waals surface area contributed by atoms with Crippen LogP contribution < -0.4 is 4.74 Å². The van der Waals surface area contributed by atoms with E-state index in [4.69, 9.17) is 15.4 Å². The zero-order valence-corrected chi connectivity index (χ0v) is 13.2. The summed E-state index contributed by atoms with van der Waals surface area (Å²) in [5.41, 5.74) is 2.42. The second-order valence-electron chi connectivity index (χ2n) is 5.03. The van der Waals surface area contributed by atoms with Crippen molar-refractivity contribution >= 4 is 19.7 Å². The first-order valence-electron chi connectivity index (χ1n) is 6.44. The lowest BCUT2D eigenvalue weighted by molar-refractivity contribution is 0.309. The van der Waals surface area contributed by atoms with E-state index in [-0.39, 0.29) is 5.75 Å². The van der Waals surface area contributed by atoms with Crippen molar-refractivity contribution in [2.45, 2.75) is 39.5 Å². The predicted molar refractivity (Wildman–Crippen MR) is 79.6 cm³/mol. The van der Waals surface area contributed by atoms with E-state index in [1.165, 1.54) is 11.1 Å². The van der Waals surface area contributed by atoms with Gasteiger partial charge >= 0.3 is 0 Å². The third kappa shape index (κ3) is 6.83. The average molecular weight is 305 g/mol. The number of rotatable bonds is 7. The standard InChI is InChI=1S/C14H21ClO3S/c1-11(2)13-8-12(3)9-14(10-13)18-6-4-5-7-19(15,16)17/h8-11H,4-7H2,1-3H3. The highest BCUT2D eigenvalue weighted by atomic mass is 35.7. The molecule has 1 aromatic rings. The summed E-state index contributed by atoms with van der Waals surface area (Å²) in [5, 5.41) is 0. The molecular weight excluding hydrogens is 284 g/mol. The second kappa shape index (κ2) is 7.15. The van der Waals surface area contributed by atoms with Crippen molar-refractivity contribution in [3.05, 3.63) is 29.3 Å². The van der Waals surface area contributed by atoms with Crippen LogP contribution >= 0.6 is 10.7 Å². The van der Waals surface area contributed by atoms with E-state index in [0.717, 1.165) is 5.75 Å². The van der Waals surface area contributed by atoms with Crippen LogP contribution in [0.25, 0.3) is 0 Å². The molecule has 0 unspecified atom stereocenters. The van der Waals surface area contributed by atoms with Crippen molar-refractivity contribution in [1.29, 1.82) is 0 Å². The molecule has 1 aromatic carbocycles. The van der Waals surface area contributed by atoms with Gasteiger partial charge in [-0.25, -0.2) is 8.42 Å². The molecule has 5 heteroatoms. The van der Waals surface area contributed by atoms with Gasteiger partial charge in [0, 0.05) is 10.7 Å². The van der Waals surface area contributed by atoms with Crippen LogP contribution in [0.2, 0.25) is 0 Å². The van der Waals surface area contributed by atoms with Crippen LogP contribution in [0.4, 0.5) is 0 Å². The topological polar surface area (TPSA) is 43.4 Å². The first-order valence-corrected chi connectivity index (χ1v) is 8.92. The Morgan fingerprint density at radius 2 is 1.89 bits per heavy atom. The van der Waals surface area contributed by atoms with Crippen LogP contribution in [-0.2, 0) is 9.05 Å². The van der Waals surface area contributed by atoms with Crippen molar-refractivity contribution < 1.29 is 13.2 Å². The lowest BCUT2D eigenvalue weighted by Gasteiger charge is -2.11. The van der Waals surface area contributed by atoms with Crippen molar-refractivity contribution in [1.82, 2.24) is 0 Å². The summed E-state index contributed by atoms with van der Waals surface area (Å²) >= 11 is 0. The van der Waals surface area contributed by atoms with Crippen LogP contribution in [0.15, 0.2) is 18.2 Å². The monoisotopic (exact) mass is 304 g/mol. The highest BCUT2D eigenvalue weighted by Gasteiger charge is 2.05. The van der Waals surface area contributed by atoms with Gasteiger partial charge in [-0.1, -0.05) is 19.9 Å². The summed E-state index contributed by atoms with van der Waals surface area (Å²) in [6.45, 7) is 6.83. The van der Waals surface area contributed by atoms with Crippen LogP contribution in [0, 0.1) is 6.92 Å². The normalized spacial score (nSPS) is 11.8. The minimum Gasteiger partial charge on any atom is -0.494 e. The Morgan fingerprint density at radius 3 is 2.47 bits per heavy atom. The minimum atomic E-state index is -3.38. The van der Waals surface area contributed by atoms with Crippen LogP contribution in [0.3, 0.4) is 0 Å². The van der Waals surface area contributed by atoms with E-state index in [1.54, 1.807) is 0 Å². The van der Waals surface area contributed by atoms with Gasteiger partial charge in [-0.05, 0) is 48.9 Å². The van der Waals surface area contributed by atoms with E-state index in [1.807, 2.05) is 19.1 Å². The summed E-state index contributed by atoms with van der Waals surface area (Å²) < 4.78 is 27.2. The molecule has 19 heavy (non-hydrogen) atoms. The average Bonchev–Trinajstić information content (AvgIpc) is 2.26. The Bertz CT molecular complexity index is 509. The molecule has 108 valence electrons. The van der Waals surface area contributed by atoms with Crippen LogP contribution in [0.5, 0.6) is 5.75 Å². The molecule has 0 radical (unpaired) electrons. The molecule has 0 spiro atoms. The maximum atomic E-state index is 10.8. The molecule has 0 aliphatic rings.